The molecule has 1 aliphatic heterocycles. The lowest BCUT2D eigenvalue weighted by molar-refractivity contribution is 0.0493. The van der Waals surface area contributed by atoms with Gasteiger partial charge in [0.05, 0.1) is 0 Å². The Kier molecular flexibility index (Phi) is 5.08. The maximum absolute atomic E-state index is 3.84. The van der Waals surface area contributed by atoms with Gasteiger partial charge in [-0.2, -0.15) is 0 Å². The second kappa shape index (κ2) is 6.41. The smallest absolute Gasteiger partial charge is 0.0338 e. The van der Waals surface area contributed by atoms with E-state index in [1.54, 1.807) is 0 Å². The number of nitrogens with zero attached hydrogens (tertiary/aromatic N) is 1. The molecule has 2 aliphatic rings. The van der Waals surface area contributed by atoms with Gasteiger partial charge in [0.15, 0.2) is 0 Å². The third-order valence-corrected chi connectivity index (χ3v) is 4.84. The molecule has 0 aromatic heterocycles. The van der Waals surface area contributed by atoms with Crippen molar-refractivity contribution in [2.75, 3.05) is 19.6 Å². The molecule has 1 unspecified atom stereocenters. The van der Waals surface area contributed by atoms with Crippen LogP contribution in [0.2, 0.25) is 0 Å². The second-order valence-electron chi connectivity index (χ2n) is 7.33. The summed E-state index contributed by atoms with van der Waals surface area (Å²) in [7, 11) is 0. The van der Waals surface area contributed by atoms with Gasteiger partial charge in [-0.25, -0.2) is 0 Å². The molecular weight excluding hydrogens is 232 g/mol. The molecular formula is C17H32N2. The van der Waals surface area contributed by atoms with Crippen LogP contribution >= 0.6 is 0 Å². The Hall–Kier alpha value is -0.340. The van der Waals surface area contributed by atoms with Crippen LogP contribution in [0.1, 0.15) is 59.8 Å². The minimum absolute atomic E-state index is 0.472. The molecule has 1 aliphatic carbocycles. The van der Waals surface area contributed by atoms with E-state index in [9.17, 15) is 0 Å². The Morgan fingerprint density at radius 2 is 2.00 bits per heavy atom. The van der Waals surface area contributed by atoms with Crippen LogP contribution in [0.4, 0.5) is 0 Å². The summed E-state index contributed by atoms with van der Waals surface area (Å²) in [6.07, 6.45) is 9.35. The molecule has 1 atom stereocenters. The quantitative estimate of drug-likeness (QED) is 0.781. The zero-order chi connectivity index (χ0) is 13.9. The molecule has 0 radical (unpaired) electrons. The molecule has 110 valence electrons. The van der Waals surface area contributed by atoms with Crippen LogP contribution in [0.5, 0.6) is 0 Å². The highest BCUT2D eigenvalue weighted by Gasteiger charge is 2.42. The van der Waals surface area contributed by atoms with Gasteiger partial charge in [-0.15, -0.1) is 0 Å². The Morgan fingerprint density at radius 1 is 1.32 bits per heavy atom. The molecule has 0 amide bonds. The molecule has 1 saturated heterocycles. The fraction of sp³-hybridized carbons (Fsp3) is 0.882. The second-order valence-corrected chi connectivity index (χ2v) is 7.33. The van der Waals surface area contributed by atoms with E-state index in [0.717, 1.165) is 12.5 Å². The lowest BCUT2D eigenvalue weighted by atomic mass is 9.89. The highest BCUT2D eigenvalue weighted by Crippen LogP contribution is 2.37. The van der Waals surface area contributed by atoms with Gasteiger partial charge in [-0.05, 0) is 39.0 Å². The molecule has 0 bridgehead atoms. The molecule has 2 nitrogen and oxygen atoms in total. The van der Waals surface area contributed by atoms with Crippen LogP contribution in [0, 0.1) is 5.92 Å². The van der Waals surface area contributed by atoms with Crippen LogP contribution in [0.3, 0.4) is 0 Å². The highest BCUT2D eigenvalue weighted by atomic mass is 15.3. The number of allylic oxidation sites excluding steroid dienone is 1. The van der Waals surface area contributed by atoms with Gasteiger partial charge in [-0.1, -0.05) is 38.3 Å². The summed E-state index contributed by atoms with van der Waals surface area (Å²) in [5.74, 6) is 0.792. The van der Waals surface area contributed by atoms with E-state index in [1.165, 1.54) is 50.8 Å². The fourth-order valence-electron chi connectivity index (χ4n) is 3.78. The first-order valence-corrected chi connectivity index (χ1v) is 8.14. The molecule has 2 fully saturated rings. The van der Waals surface area contributed by atoms with Crippen LogP contribution < -0.4 is 5.32 Å². The molecule has 19 heavy (non-hydrogen) atoms. The van der Waals surface area contributed by atoms with Gasteiger partial charge in [0, 0.05) is 31.2 Å². The molecule has 1 N–H and O–H groups in total. The highest BCUT2D eigenvalue weighted by molar-refractivity contribution is 5.05. The predicted octanol–water partition coefficient (Wildman–Crippen LogP) is 3.59. The van der Waals surface area contributed by atoms with Gasteiger partial charge in [0.25, 0.3) is 0 Å². The standard InChI is InChI=1S/C17H32N2/c1-14(2)7-10-19-12-16(11-15(3)4)18-13-17(19)8-5-6-9-17/h7,15-16,18H,5-6,8-13H2,1-4H3. The molecule has 1 heterocycles. The van der Waals surface area contributed by atoms with Crippen molar-refractivity contribution in [1.29, 1.82) is 0 Å². The number of hydrogen-bond acceptors (Lipinski definition) is 2. The SMILES string of the molecule is CC(C)=CCN1CC(CC(C)C)NCC12CCCC2. The Bertz CT molecular complexity index is 309. The van der Waals surface area contributed by atoms with E-state index in [-0.39, 0.29) is 0 Å². The van der Waals surface area contributed by atoms with Crippen molar-refractivity contribution in [3.8, 4) is 0 Å². The van der Waals surface area contributed by atoms with Crippen LogP contribution in [0.15, 0.2) is 11.6 Å². The number of piperazine rings is 1. The maximum Gasteiger partial charge on any atom is 0.0338 e. The zero-order valence-electron chi connectivity index (χ0n) is 13.3. The number of nitrogens with one attached hydrogen (secondary N) is 1. The zero-order valence-corrected chi connectivity index (χ0v) is 13.3. The molecule has 0 aromatic rings. The van der Waals surface area contributed by atoms with Crippen LogP contribution in [-0.4, -0.2) is 36.1 Å². The first kappa shape index (κ1) is 15.1. The monoisotopic (exact) mass is 264 g/mol. The van der Waals surface area contributed by atoms with Gasteiger partial charge in [0.1, 0.15) is 0 Å². The summed E-state index contributed by atoms with van der Waals surface area (Å²) in [5.41, 5.74) is 1.92. The number of rotatable bonds is 4. The van der Waals surface area contributed by atoms with E-state index in [1.807, 2.05) is 0 Å². The summed E-state index contributed by atoms with van der Waals surface area (Å²) in [5, 5.41) is 3.84. The summed E-state index contributed by atoms with van der Waals surface area (Å²) < 4.78 is 0. The van der Waals surface area contributed by atoms with Gasteiger partial charge in [0.2, 0.25) is 0 Å². The average molecular weight is 264 g/mol. The maximum atomic E-state index is 3.84. The molecule has 0 aromatic carbocycles. The normalized spacial score (nSPS) is 27.1. The molecule has 2 heteroatoms. The Morgan fingerprint density at radius 3 is 2.58 bits per heavy atom. The van der Waals surface area contributed by atoms with E-state index in [2.05, 4.69) is 44.0 Å². The summed E-state index contributed by atoms with van der Waals surface area (Å²) in [6.45, 7) is 12.7. The largest absolute Gasteiger partial charge is 0.311 e. The van der Waals surface area contributed by atoms with Crippen molar-refractivity contribution in [2.24, 2.45) is 5.92 Å². The summed E-state index contributed by atoms with van der Waals surface area (Å²) >= 11 is 0. The predicted molar refractivity (Wildman–Crippen MR) is 83.4 cm³/mol. The third kappa shape index (κ3) is 3.82. The average Bonchev–Trinajstić information content (AvgIpc) is 2.79. The molecule has 1 saturated carbocycles. The summed E-state index contributed by atoms with van der Waals surface area (Å²) in [6, 6.07) is 0.691. The lowest BCUT2D eigenvalue weighted by Crippen LogP contribution is -2.63. The van der Waals surface area contributed by atoms with Crippen molar-refractivity contribution in [1.82, 2.24) is 10.2 Å². The Labute approximate surface area is 119 Å². The summed E-state index contributed by atoms with van der Waals surface area (Å²) in [4.78, 5) is 2.79. The van der Waals surface area contributed by atoms with E-state index in [0.29, 0.717) is 11.6 Å². The number of hydrogen-bond donors (Lipinski definition) is 1. The minimum Gasteiger partial charge on any atom is -0.311 e. The van der Waals surface area contributed by atoms with Crippen LogP contribution in [-0.2, 0) is 0 Å². The van der Waals surface area contributed by atoms with E-state index >= 15 is 0 Å². The van der Waals surface area contributed by atoms with Crippen molar-refractivity contribution in [3.05, 3.63) is 11.6 Å². The fourth-order valence-corrected chi connectivity index (χ4v) is 3.78. The molecule has 2 rings (SSSR count). The lowest BCUT2D eigenvalue weighted by Gasteiger charge is -2.48. The van der Waals surface area contributed by atoms with E-state index < -0.39 is 0 Å². The Balaban J connectivity index is 2.03. The van der Waals surface area contributed by atoms with Crippen molar-refractivity contribution < 1.29 is 0 Å². The van der Waals surface area contributed by atoms with Crippen LogP contribution in [0.25, 0.3) is 0 Å². The first-order valence-electron chi connectivity index (χ1n) is 8.14. The van der Waals surface area contributed by atoms with Gasteiger partial charge < -0.3 is 5.32 Å². The topological polar surface area (TPSA) is 15.3 Å². The van der Waals surface area contributed by atoms with Gasteiger partial charge >= 0.3 is 0 Å². The van der Waals surface area contributed by atoms with Gasteiger partial charge in [-0.3, -0.25) is 4.90 Å². The van der Waals surface area contributed by atoms with E-state index in [4.69, 9.17) is 0 Å². The van der Waals surface area contributed by atoms with Crippen molar-refractivity contribution in [3.63, 3.8) is 0 Å². The minimum atomic E-state index is 0.472. The first-order chi connectivity index (χ1) is 9.02. The molecule has 1 spiro atoms. The van der Waals surface area contributed by atoms with Crippen molar-refractivity contribution >= 4 is 0 Å². The third-order valence-electron chi connectivity index (χ3n) is 4.84. The van der Waals surface area contributed by atoms with Crippen molar-refractivity contribution in [2.45, 2.75) is 71.4 Å².